The lowest BCUT2D eigenvalue weighted by Gasteiger charge is -2.27. The summed E-state index contributed by atoms with van der Waals surface area (Å²) < 4.78 is 2.65. The molecule has 1 heterocycles. The second-order valence-electron chi connectivity index (χ2n) is 5.49. The fourth-order valence-electron chi connectivity index (χ4n) is 2.41. The minimum Gasteiger partial charge on any atom is -0.338 e. The SMILES string of the molecule is CCCCCN(c1n[nH]c(=S)n1-c1ccccc1)C(C)C. The van der Waals surface area contributed by atoms with Crippen molar-refractivity contribution in [2.45, 2.75) is 46.1 Å². The van der Waals surface area contributed by atoms with Crippen LogP contribution < -0.4 is 4.90 Å². The van der Waals surface area contributed by atoms with Crippen LogP contribution in [0.25, 0.3) is 5.69 Å². The number of hydrogen-bond acceptors (Lipinski definition) is 3. The Morgan fingerprint density at radius 2 is 1.95 bits per heavy atom. The van der Waals surface area contributed by atoms with E-state index in [1.807, 2.05) is 22.8 Å². The van der Waals surface area contributed by atoms with Gasteiger partial charge in [-0.15, -0.1) is 5.10 Å². The average molecular weight is 304 g/mol. The van der Waals surface area contributed by atoms with Crippen molar-refractivity contribution < 1.29 is 0 Å². The van der Waals surface area contributed by atoms with Crippen molar-refractivity contribution in [1.29, 1.82) is 0 Å². The average Bonchev–Trinajstić information content (AvgIpc) is 2.85. The van der Waals surface area contributed by atoms with Gasteiger partial charge in [-0.2, -0.15) is 0 Å². The highest BCUT2D eigenvalue weighted by atomic mass is 32.1. The van der Waals surface area contributed by atoms with Crippen molar-refractivity contribution >= 4 is 18.2 Å². The molecule has 0 aliphatic heterocycles. The molecule has 1 aromatic carbocycles. The Labute approximate surface area is 131 Å². The summed E-state index contributed by atoms with van der Waals surface area (Å²) in [5.74, 6) is 0.900. The molecule has 1 N–H and O–H groups in total. The summed E-state index contributed by atoms with van der Waals surface area (Å²) in [7, 11) is 0. The fraction of sp³-hybridized carbons (Fsp3) is 0.500. The van der Waals surface area contributed by atoms with Gasteiger partial charge in [0.05, 0.1) is 5.69 Å². The zero-order chi connectivity index (χ0) is 15.2. The number of benzene rings is 1. The van der Waals surface area contributed by atoms with E-state index in [9.17, 15) is 0 Å². The summed E-state index contributed by atoms with van der Waals surface area (Å²) in [5, 5.41) is 7.40. The van der Waals surface area contributed by atoms with Crippen LogP contribution in [0.1, 0.15) is 40.0 Å². The second-order valence-corrected chi connectivity index (χ2v) is 5.88. The Morgan fingerprint density at radius 1 is 1.24 bits per heavy atom. The summed E-state index contributed by atoms with van der Waals surface area (Å²) in [6, 6.07) is 10.5. The zero-order valence-electron chi connectivity index (χ0n) is 13.0. The van der Waals surface area contributed by atoms with Crippen molar-refractivity contribution in [3.05, 3.63) is 35.1 Å². The van der Waals surface area contributed by atoms with E-state index in [4.69, 9.17) is 12.2 Å². The van der Waals surface area contributed by atoms with Crippen LogP contribution in [0.5, 0.6) is 0 Å². The fourth-order valence-corrected chi connectivity index (χ4v) is 2.65. The van der Waals surface area contributed by atoms with Gasteiger partial charge in [0, 0.05) is 12.6 Å². The van der Waals surface area contributed by atoms with Crippen molar-refractivity contribution in [2.24, 2.45) is 0 Å². The number of nitrogens with zero attached hydrogens (tertiary/aromatic N) is 3. The largest absolute Gasteiger partial charge is 0.338 e. The van der Waals surface area contributed by atoms with Gasteiger partial charge in [-0.25, -0.2) is 5.10 Å². The first kappa shape index (κ1) is 15.8. The first-order valence-corrected chi connectivity index (χ1v) is 8.05. The van der Waals surface area contributed by atoms with Gasteiger partial charge in [0.1, 0.15) is 0 Å². The van der Waals surface area contributed by atoms with Crippen LogP contribution in [0.3, 0.4) is 0 Å². The highest BCUT2D eigenvalue weighted by Gasteiger charge is 2.18. The number of aromatic amines is 1. The standard InChI is InChI=1S/C16H24N4S/c1-4-5-9-12-19(13(2)3)15-17-18-16(21)20(15)14-10-7-6-8-11-14/h6-8,10-11,13H,4-5,9,12H2,1-3H3,(H,18,21). The molecule has 0 fully saturated rings. The van der Waals surface area contributed by atoms with E-state index < -0.39 is 0 Å². The Hall–Kier alpha value is -1.62. The normalized spacial score (nSPS) is 11.0. The van der Waals surface area contributed by atoms with Gasteiger partial charge in [-0.3, -0.25) is 4.57 Å². The van der Waals surface area contributed by atoms with Crippen molar-refractivity contribution in [3.63, 3.8) is 0 Å². The third-order valence-corrected chi connectivity index (χ3v) is 3.83. The lowest BCUT2D eigenvalue weighted by Crippen LogP contribution is -2.34. The molecular weight excluding hydrogens is 280 g/mol. The van der Waals surface area contributed by atoms with Crippen LogP contribution in [0.15, 0.2) is 30.3 Å². The number of nitrogens with one attached hydrogen (secondary N) is 1. The maximum absolute atomic E-state index is 5.41. The number of hydrogen-bond donors (Lipinski definition) is 1. The highest BCUT2D eigenvalue weighted by molar-refractivity contribution is 7.71. The molecule has 2 rings (SSSR count). The first-order valence-electron chi connectivity index (χ1n) is 7.64. The first-order chi connectivity index (χ1) is 10.1. The predicted octanol–water partition coefficient (Wildman–Crippen LogP) is 4.33. The van der Waals surface area contributed by atoms with E-state index in [1.165, 1.54) is 19.3 Å². The number of rotatable bonds is 7. The second kappa shape index (κ2) is 7.41. The van der Waals surface area contributed by atoms with Gasteiger partial charge in [0.15, 0.2) is 0 Å². The Bertz CT molecular complexity index is 600. The van der Waals surface area contributed by atoms with Crippen molar-refractivity contribution in [1.82, 2.24) is 14.8 Å². The number of H-pyrrole nitrogens is 1. The van der Waals surface area contributed by atoms with E-state index in [0.29, 0.717) is 10.8 Å². The molecule has 0 aliphatic rings. The van der Waals surface area contributed by atoms with Crippen molar-refractivity contribution in [3.8, 4) is 5.69 Å². The molecule has 0 spiro atoms. The zero-order valence-corrected chi connectivity index (χ0v) is 13.9. The highest BCUT2D eigenvalue weighted by Crippen LogP contribution is 2.20. The third-order valence-electron chi connectivity index (χ3n) is 3.55. The lowest BCUT2D eigenvalue weighted by atomic mass is 10.2. The molecule has 0 amide bonds. The van der Waals surface area contributed by atoms with Crippen LogP contribution in [0.2, 0.25) is 0 Å². The molecule has 0 bridgehead atoms. The lowest BCUT2D eigenvalue weighted by molar-refractivity contribution is 0.608. The van der Waals surface area contributed by atoms with Crippen LogP contribution in [0.4, 0.5) is 5.95 Å². The molecule has 2 aromatic rings. The summed E-state index contributed by atoms with van der Waals surface area (Å²) in [6.07, 6.45) is 3.63. The van der Waals surface area contributed by atoms with E-state index in [2.05, 4.69) is 48.0 Å². The van der Waals surface area contributed by atoms with E-state index in [-0.39, 0.29) is 0 Å². The van der Waals surface area contributed by atoms with Crippen LogP contribution in [0, 0.1) is 4.77 Å². The molecule has 21 heavy (non-hydrogen) atoms. The summed E-state index contributed by atoms with van der Waals surface area (Å²) in [5.41, 5.74) is 1.05. The van der Waals surface area contributed by atoms with Gasteiger partial charge in [-0.1, -0.05) is 38.0 Å². The van der Waals surface area contributed by atoms with Crippen molar-refractivity contribution in [2.75, 3.05) is 11.4 Å². The number of anilines is 1. The molecule has 0 unspecified atom stereocenters. The Balaban J connectivity index is 2.36. The van der Waals surface area contributed by atoms with Gasteiger partial charge < -0.3 is 4.90 Å². The molecule has 0 saturated heterocycles. The molecule has 114 valence electrons. The topological polar surface area (TPSA) is 36.9 Å². The predicted molar refractivity (Wildman–Crippen MR) is 90.8 cm³/mol. The maximum atomic E-state index is 5.41. The minimum atomic E-state index is 0.384. The smallest absolute Gasteiger partial charge is 0.230 e. The minimum absolute atomic E-state index is 0.384. The van der Waals surface area contributed by atoms with E-state index in [1.54, 1.807) is 0 Å². The van der Waals surface area contributed by atoms with Crippen LogP contribution >= 0.6 is 12.2 Å². The van der Waals surface area contributed by atoms with Crippen LogP contribution in [-0.2, 0) is 0 Å². The van der Waals surface area contributed by atoms with E-state index in [0.717, 1.165) is 18.2 Å². The van der Waals surface area contributed by atoms with Crippen LogP contribution in [-0.4, -0.2) is 27.4 Å². The maximum Gasteiger partial charge on any atom is 0.230 e. The van der Waals surface area contributed by atoms with Gasteiger partial charge in [-0.05, 0) is 44.6 Å². The number of unbranched alkanes of at least 4 members (excludes halogenated alkanes) is 2. The molecule has 0 aliphatic carbocycles. The summed E-state index contributed by atoms with van der Waals surface area (Å²) >= 11 is 5.41. The monoisotopic (exact) mass is 304 g/mol. The third kappa shape index (κ3) is 3.73. The molecule has 4 nitrogen and oxygen atoms in total. The Kier molecular flexibility index (Phi) is 5.56. The molecule has 0 radical (unpaired) electrons. The summed E-state index contributed by atoms with van der Waals surface area (Å²) in [4.78, 5) is 2.31. The number of aromatic nitrogens is 3. The summed E-state index contributed by atoms with van der Waals surface area (Å²) in [6.45, 7) is 7.61. The van der Waals surface area contributed by atoms with E-state index >= 15 is 0 Å². The molecule has 0 atom stereocenters. The quantitative estimate of drug-likeness (QED) is 0.611. The number of para-hydroxylation sites is 1. The van der Waals surface area contributed by atoms with Gasteiger partial charge >= 0.3 is 0 Å². The molecule has 0 saturated carbocycles. The van der Waals surface area contributed by atoms with Gasteiger partial charge in [0.2, 0.25) is 10.7 Å². The molecule has 5 heteroatoms. The molecule has 1 aromatic heterocycles. The Morgan fingerprint density at radius 3 is 2.57 bits per heavy atom. The van der Waals surface area contributed by atoms with Gasteiger partial charge in [0.25, 0.3) is 0 Å². The molecular formula is C16H24N4S.